The van der Waals surface area contributed by atoms with Crippen LogP contribution in [0.15, 0.2) is 23.5 Å². The maximum absolute atomic E-state index is 12.8. The topological polar surface area (TPSA) is 46.1 Å². The SMILES string of the molecule is CCOC(=O)/C(=C/N(C)C)C(=C[NH2+]C)C(F)F.F[B-](F)(F)F. The Kier molecular flexibility index (Phi) is 11.3. The smallest absolute Gasteiger partial charge is 0.462 e. The Labute approximate surface area is 124 Å². The van der Waals surface area contributed by atoms with Gasteiger partial charge in [0.25, 0.3) is 6.43 Å². The number of rotatable bonds is 6. The first-order valence-corrected chi connectivity index (χ1v) is 6.14. The highest BCUT2D eigenvalue weighted by molar-refractivity contribution is 6.50. The summed E-state index contributed by atoms with van der Waals surface area (Å²) >= 11 is 0. The highest BCUT2D eigenvalue weighted by Crippen LogP contribution is 2.19. The summed E-state index contributed by atoms with van der Waals surface area (Å²) in [4.78, 5) is 13.1. The Morgan fingerprint density at radius 1 is 1.27 bits per heavy atom. The van der Waals surface area contributed by atoms with Crippen molar-refractivity contribution in [2.24, 2.45) is 0 Å². The monoisotopic (exact) mass is 336 g/mol. The molecule has 0 heterocycles. The van der Waals surface area contributed by atoms with Crippen molar-refractivity contribution in [1.82, 2.24) is 4.90 Å². The van der Waals surface area contributed by atoms with Gasteiger partial charge in [0, 0.05) is 20.3 Å². The number of nitrogens with zero attached hydrogens (tertiary/aromatic N) is 1. The molecule has 0 aliphatic rings. The fraction of sp³-hybridized carbons (Fsp3) is 0.545. The summed E-state index contributed by atoms with van der Waals surface area (Å²) in [6.07, 6.45) is -0.169. The number of halogens is 6. The first-order chi connectivity index (χ1) is 9.93. The van der Waals surface area contributed by atoms with Crippen LogP contribution in [0.1, 0.15) is 6.92 Å². The van der Waals surface area contributed by atoms with E-state index in [1.165, 1.54) is 22.6 Å². The summed E-state index contributed by atoms with van der Waals surface area (Å²) in [7, 11) is -1.09. The van der Waals surface area contributed by atoms with E-state index < -0.39 is 19.6 Å². The summed E-state index contributed by atoms with van der Waals surface area (Å²) in [5, 5.41) is 1.46. The van der Waals surface area contributed by atoms with Crippen LogP contribution in [0.2, 0.25) is 0 Å². The van der Waals surface area contributed by atoms with Crippen molar-refractivity contribution in [3.63, 3.8) is 0 Å². The molecular formula is C11H19BF6N2O2. The molecule has 0 spiro atoms. The van der Waals surface area contributed by atoms with Crippen LogP contribution in [-0.2, 0) is 9.53 Å². The van der Waals surface area contributed by atoms with Gasteiger partial charge in [-0.25, -0.2) is 13.6 Å². The first kappa shape index (κ1) is 22.6. The number of nitrogens with two attached hydrogens (primary N) is 1. The number of hydrogen-bond acceptors (Lipinski definition) is 3. The fourth-order valence-electron chi connectivity index (χ4n) is 1.17. The summed E-state index contributed by atoms with van der Waals surface area (Å²) in [5.41, 5.74) is -0.454. The molecule has 0 saturated heterocycles. The third-order valence-corrected chi connectivity index (χ3v) is 1.77. The van der Waals surface area contributed by atoms with Crippen LogP contribution >= 0.6 is 0 Å². The third-order valence-electron chi connectivity index (χ3n) is 1.77. The molecule has 0 amide bonds. The Morgan fingerprint density at radius 2 is 1.73 bits per heavy atom. The average Bonchev–Trinajstić information content (AvgIpc) is 2.31. The molecule has 0 saturated carbocycles. The molecule has 0 aliphatic heterocycles. The highest BCUT2D eigenvalue weighted by Gasteiger charge is 2.25. The highest BCUT2D eigenvalue weighted by atomic mass is 19.5. The number of carbonyl (C=O) groups is 1. The van der Waals surface area contributed by atoms with E-state index in [0.717, 1.165) is 0 Å². The molecule has 0 bridgehead atoms. The van der Waals surface area contributed by atoms with E-state index in [-0.39, 0.29) is 17.8 Å². The molecule has 0 aromatic carbocycles. The lowest BCUT2D eigenvalue weighted by Gasteiger charge is -2.12. The molecular weight excluding hydrogens is 317 g/mol. The summed E-state index contributed by atoms with van der Waals surface area (Å²) in [6.45, 7) is 1.78. The van der Waals surface area contributed by atoms with Crippen molar-refractivity contribution in [1.29, 1.82) is 0 Å². The molecule has 0 aliphatic carbocycles. The van der Waals surface area contributed by atoms with Crippen LogP contribution in [0.4, 0.5) is 26.0 Å². The second-order valence-corrected chi connectivity index (χ2v) is 3.98. The van der Waals surface area contributed by atoms with Crippen LogP contribution in [0, 0.1) is 0 Å². The zero-order valence-electron chi connectivity index (χ0n) is 12.6. The second kappa shape index (κ2) is 11.0. The van der Waals surface area contributed by atoms with Crippen LogP contribution in [-0.4, -0.2) is 52.3 Å². The zero-order valence-corrected chi connectivity index (χ0v) is 12.6. The van der Waals surface area contributed by atoms with Gasteiger partial charge in [0.1, 0.15) is 6.20 Å². The van der Waals surface area contributed by atoms with Gasteiger partial charge in [0.05, 0.1) is 24.8 Å². The van der Waals surface area contributed by atoms with Crippen molar-refractivity contribution in [2.45, 2.75) is 13.3 Å². The fourth-order valence-corrected chi connectivity index (χ4v) is 1.17. The number of ether oxygens (including phenoxy) is 1. The predicted molar refractivity (Wildman–Crippen MR) is 70.5 cm³/mol. The van der Waals surface area contributed by atoms with Gasteiger partial charge in [-0.2, -0.15) is 0 Å². The van der Waals surface area contributed by atoms with E-state index in [9.17, 15) is 30.8 Å². The molecule has 4 nitrogen and oxygen atoms in total. The number of hydrogen-bond donors (Lipinski definition) is 1. The zero-order chi connectivity index (χ0) is 17.9. The Bertz CT molecular complexity index is 391. The molecule has 0 rings (SSSR count). The van der Waals surface area contributed by atoms with Crippen LogP contribution in [0.5, 0.6) is 0 Å². The van der Waals surface area contributed by atoms with E-state index in [4.69, 9.17) is 4.74 Å². The third kappa shape index (κ3) is 13.3. The van der Waals surface area contributed by atoms with Crippen molar-refractivity contribution in [3.05, 3.63) is 23.5 Å². The average molecular weight is 336 g/mol. The number of quaternary nitrogens is 1. The minimum absolute atomic E-state index is 0.120. The van der Waals surface area contributed by atoms with E-state index in [1.807, 2.05) is 0 Å². The van der Waals surface area contributed by atoms with Gasteiger partial charge in [0.2, 0.25) is 0 Å². The lowest BCUT2D eigenvalue weighted by Crippen LogP contribution is -2.73. The summed E-state index contributed by atoms with van der Waals surface area (Å²) in [5.74, 6) is -0.741. The largest absolute Gasteiger partial charge is 0.673 e. The van der Waals surface area contributed by atoms with Gasteiger partial charge in [-0.3, -0.25) is 0 Å². The Hall–Kier alpha value is -1.65. The van der Waals surface area contributed by atoms with Gasteiger partial charge in [0.15, 0.2) is 0 Å². The minimum Gasteiger partial charge on any atom is -0.462 e. The lowest BCUT2D eigenvalue weighted by atomic mass is 10.1. The molecule has 0 radical (unpaired) electrons. The van der Waals surface area contributed by atoms with E-state index in [1.54, 1.807) is 28.1 Å². The molecule has 0 atom stereocenters. The van der Waals surface area contributed by atoms with Crippen molar-refractivity contribution in [3.8, 4) is 0 Å². The maximum Gasteiger partial charge on any atom is 0.673 e. The Balaban J connectivity index is 0. The van der Waals surface area contributed by atoms with Crippen LogP contribution in [0.25, 0.3) is 0 Å². The molecule has 0 aromatic rings. The van der Waals surface area contributed by atoms with Crippen molar-refractivity contribution < 1.29 is 40.9 Å². The molecule has 0 aromatic heterocycles. The van der Waals surface area contributed by atoms with E-state index in [2.05, 4.69) is 0 Å². The predicted octanol–water partition coefficient (Wildman–Crippen LogP) is 1.64. The molecule has 2 N–H and O–H groups in total. The normalized spacial score (nSPS) is 12.7. The number of carbonyl (C=O) groups excluding carboxylic acids is 1. The van der Waals surface area contributed by atoms with Crippen LogP contribution < -0.4 is 5.32 Å². The van der Waals surface area contributed by atoms with Gasteiger partial charge >= 0.3 is 13.2 Å². The second-order valence-electron chi connectivity index (χ2n) is 3.98. The number of esters is 1. The molecule has 11 heteroatoms. The van der Waals surface area contributed by atoms with Crippen LogP contribution in [0.3, 0.4) is 0 Å². The minimum atomic E-state index is -6.00. The van der Waals surface area contributed by atoms with Gasteiger partial charge in [-0.15, -0.1) is 0 Å². The Morgan fingerprint density at radius 3 is 2.00 bits per heavy atom. The summed E-state index contributed by atoms with van der Waals surface area (Å²) in [6, 6.07) is 0. The first-order valence-electron chi connectivity index (χ1n) is 6.14. The quantitative estimate of drug-likeness (QED) is 0.264. The van der Waals surface area contributed by atoms with E-state index >= 15 is 0 Å². The number of alkyl halides is 2. The molecule has 130 valence electrons. The van der Waals surface area contributed by atoms with Crippen molar-refractivity contribution in [2.75, 3.05) is 27.7 Å². The van der Waals surface area contributed by atoms with Gasteiger partial charge in [-0.1, -0.05) is 0 Å². The lowest BCUT2D eigenvalue weighted by molar-refractivity contribution is -0.557. The van der Waals surface area contributed by atoms with Gasteiger partial charge in [-0.05, 0) is 6.92 Å². The standard InChI is InChI=1S/C11H18F2N2O2.BF4/c1-5-17-11(16)9(7-15(3)4)8(6-14-2)10(12)13;2-1(3,4)5/h6-7,10,14H,5H2,1-4H3;/q;-1/p+1/b8-6?,9-7+;. The molecule has 22 heavy (non-hydrogen) atoms. The van der Waals surface area contributed by atoms with Crippen molar-refractivity contribution >= 4 is 13.2 Å². The summed E-state index contributed by atoms with van der Waals surface area (Å²) < 4.78 is 69.4. The molecule has 0 unspecified atom stereocenters. The van der Waals surface area contributed by atoms with E-state index in [0.29, 0.717) is 0 Å². The molecule has 0 fully saturated rings. The maximum atomic E-state index is 12.8. The van der Waals surface area contributed by atoms with Gasteiger partial charge < -0.3 is 32.2 Å².